The maximum atomic E-state index is 14.8. The Morgan fingerprint density at radius 2 is 1.68 bits per heavy atom. The summed E-state index contributed by atoms with van der Waals surface area (Å²) in [6.45, 7) is 0.284. The highest BCUT2D eigenvalue weighted by molar-refractivity contribution is 6.00. The first kappa shape index (κ1) is 22.8. The van der Waals surface area contributed by atoms with Crippen molar-refractivity contribution in [2.24, 2.45) is 0 Å². The summed E-state index contributed by atoms with van der Waals surface area (Å²) in [7, 11) is 0. The number of carboxylic acid groups (broad SMARTS) is 1. The average Bonchev–Trinajstić information content (AvgIpc) is 3.32. The fourth-order valence-electron chi connectivity index (χ4n) is 3.73. The number of aromatic nitrogens is 2. The van der Waals surface area contributed by atoms with E-state index >= 15 is 0 Å². The third-order valence-corrected chi connectivity index (χ3v) is 5.40. The maximum Gasteiger partial charge on any atom is 0.335 e. The van der Waals surface area contributed by atoms with E-state index in [4.69, 9.17) is 0 Å². The lowest BCUT2D eigenvalue weighted by molar-refractivity contribution is 0.0695. The Bertz CT molecular complexity index is 1330. The van der Waals surface area contributed by atoms with Gasteiger partial charge < -0.3 is 10.4 Å². The van der Waals surface area contributed by atoms with Crippen LogP contribution < -0.4 is 5.32 Å². The first-order valence-electron chi connectivity index (χ1n) is 10.6. The fraction of sp³-hybridized carbons (Fsp3) is 0.115. The summed E-state index contributed by atoms with van der Waals surface area (Å²) >= 11 is 0. The Labute approximate surface area is 194 Å². The summed E-state index contributed by atoms with van der Waals surface area (Å²) in [5, 5.41) is 19.0. The molecule has 0 aliphatic carbocycles. The molecule has 34 heavy (non-hydrogen) atoms. The second-order valence-electron chi connectivity index (χ2n) is 7.66. The fourth-order valence-corrected chi connectivity index (χ4v) is 3.73. The largest absolute Gasteiger partial charge is 0.478 e. The molecule has 4 rings (SSSR count). The highest BCUT2D eigenvalue weighted by Gasteiger charge is 2.19. The number of halogens is 2. The molecule has 6 nitrogen and oxygen atoms in total. The minimum absolute atomic E-state index is 0.0806. The lowest BCUT2D eigenvalue weighted by Gasteiger charge is -2.11. The van der Waals surface area contributed by atoms with Gasteiger partial charge in [-0.05, 0) is 66.9 Å². The number of aromatic amines is 1. The van der Waals surface area contributed by atoms with Crippen LogP contribution in [0.15, 0.2) is 72.8 Å². The predicted octanol–water partition coefficient (Wildman–Crippen LogP) is 5.08. The first-order valence-corrected chi connectivity index (χ1v) is 10.6. The van der Waals surface area contributed by atoms with E-state index in [0.717, 1.165) is 0 Å². The van der Waals surface area contributed by atoms with Crippen molar-refractivity contribution in [3.63, 3.8) is 0 Å². The second kappa shape index (κ2) is 10.1. The highest BCUT2D eigenvalue weighted by atomic mass is 19.1. The molecule has 172 valence electrons. The molecule has 0 saturated heterocycles. The van der Waals surface area contributed by atoms with Crippen LogP contribution in [-0.2, 0) is 6.42 Å². The van der Waals surface area contributed by atoms with Crippen molar-refractivity contribution >= 4 is 11.9 Å². The standard InChI is InChI=1S/C26H21F2N3O3/c27-18-12-10-17(11-13-18)22-15-23(31-30-22)24-20(8-3-9-21(24)28)25(32)29-14-4-6-16-5-1-2-7-19(16)26(33)34/h1-3,5,7-13,15H,4,6,14H2,(H,29,32)(H,30,31)(H,33,34). The summed E-state index contributed by atoms with van der Waals surface area (Å²) in [6.07, 6.45) is 0.986. The minimum atomic E-state index is -0.997. The molecule has 0 aliphatic heterocycles. The van der Waals surface area contributed by atoms with Crippen LogP contribution in [0, 0.1) is 11.6 Å². The van der Waals surface area contributed by atoms with E-state index in [1.54, 1.807) is 42.5 Å². The third kappa shape index (κ3) is 5.01. The van der Waals surface area contributed by atoms with Gasteiger partial charge in [-0.15, -0.1) is 0 Å². The second-order valence-corrected chi connectivity index (χ2v) is 7.66. The van der Waals surface area contributed by atoms with Gasteiger partial charge in [-0.1, -0.05) is 24.3 Å². The Kier molecular flexibility index (Phi) is 6.77. The van der Waals surface area contributed by atoms with Crippen molar-refractivity contribution in [2.75, 3.05) is 6.54 Å². The predicted molar refractivity (Wildman–Crippen MR) is 123 cm³/mol. The number of hydrogen-bond donors (Lipinski definition) is 3. The smallest absolute Gasteiger partial charge is 0.335 e. The zero-order valence-corrected chi connectivity index (χ0v) is 18.0. The number of H-pyrrole nitrogens is 1. The summed E-state index contributed by atoms with van der Waals surface area (Å²) in [6, 6.07) is 18.3. The van der Waals surface area contributed by atoms with Crippen molar-refractivity contribution in [3.8, 4) is 22.5 Å². The van der Waals surface area contributed by atoms with Crippen LogP contribution in [0.1, 0.15) is 32.7 Å². The minimum Gasteiger partial charge on any atom is -0.478 e. The van der Waals surface area contributed by atoms with Crippen LogP contribution in [0.3, 0.4) is 0 Å². The average molecular weight is 461 g/mol. The number of aromatic carboxylic acids is 1. The van der Waals surface area contributed by atoms with E-state index in [1.807, 2.05) is 0 Å². The molecule has 0 spiro atoms. The number of carboxylic acids is 1. The van der Waals surface area contributed by atoms with Gasteiger partial charge in [0.15, 0.2) is 0 Å². The van der Waals surface area contributed by atoms with Gasteiger partial charge >= 0.3 is 5.97 Å². The molecular weight excluding hydrogens is 440 g/mol. The van der Waals surface area contributed by atoms with E-state index in [2.05, 4.69) is 15.5 Å². The van der Waals surface area contributed by atoms with E-state index < -0.39 is 17.7 Å². The Balaban J connectivity index is 1.47. The molecule has 3 N–H and O–H groups in total. The number of nitrogens with zero attached hydrogens (tertiary/aromatic N) is 1. The number of aryl methyl sites for hydroxylation is 1. The topological polar surface area (TPSA) is 95.1 Å². The first-order chi connectivity index (χ1) is 16.4. The van der Waals surface area contributed by atoms with Crippen molar-refractivity contribution in [2.45, 2.75) is 12.8 Å². The van der Waals surface area contributed by atoms with Crippen LogP contribution >= 0.6 is 0 Å². The number of amides is 1. The molecule has 1 amide bonds. The van der Waals surface area contributed by atoms with Crippen LogP contribution in [-0.4, -0.2) is 33.7 Å². The lowest BCUT2D eigenvalue weighted by Crippen LogP contribution is -2.25. The van der Waals surface area contributed by atoms with Crippen molar-refractivity contribution in [1.82, 2.24) is 15.5 Å². The zero-order valence-electron chi connectivity index (χ0n) is 18.0. The van der Waals surface area contributed by atoms with Gasteiger partial charge in [0.2, 0.25) is 0 Å². The van der Waals surface area contributed by atoms with Crippen molar-refractivity contribution in [1.29, 1.82) is 0 Å². The number of nitrogens with one attached hydrogen (secondary N) is 2. The highest BCUT2D eigenvalue weighted by Crippen LogP contribution is 2.29. The van der Waals surface area contributed by atoms with Gasteiger partial charge in [-0.2, -0.15) is 5.10 Å². The summed E-state index contributed by atoms with van der Waals surface area (Å²) in [5.74, 6) is -2.42. The molecule has 3 aromatic carbocycles. The number of carbonyl (C=O) groups excluding carboxylic acids is 1. The van der Waals surface area contributed by atoms with Gasteiger partial charge in [-0.25, -0.2) is 13.6 Å². The molecule has 0 atom stereocenters. The van der Waals surface area contributed by atoms with E-state index in [0.29, 0.717) is 35.4 Å². The van der Waals surface area contributed by atoms with Crippen LogP contribution in [0.5, 0.6) is 0 Å². The van der Waals surface area contributed by atoms with E-state index in [1.165, 1.54) is 30.3 Å². The van der Waals surface area contributed by atoms with Gasteiger partial charge in [0.05, 0.1) is 22.5 Å². The molecule has 1 aromatic heterocycles. The molecule has 0 radical (unpaired) electrons. The lowest BCUT2D eigenvalue weighted by atomic mass is 10.0. The number of carbonyl (C=O) groups is 2. The molecule has 4 aromatic rings. The Morgan fingerprint density at radius 1 is 0.941 bits per heavy atom. The summed E-state index contributed by atoms with van der Waals surface area (Å²) < 4.78 is 28.0. The molecule has 1 heterocycles. The third-order valence-electron chi connectivity index (χ3n) is 5.40. The Morgan fingerprint density at radius 3 is 2.44 bits per heavy atom. The SMILES string of the molecule is O=C(O)c1ccccc1CCCNC(=O)c1cccc(F)c1-c1cc(-c2ccc(F)cc2)n[nH]1. The molecule has 0 aliphatic rings. The summed E-state index contributed by atoms with van der Waals surface area (Å²) in [4.78, 5) is 24.2. The number of rotatable bonds is 8. The van der Waals surface area contributed by atoms with Crippen molar-refractivity contribution in [3.05, 3.63) is 101 Å². The normalized spacial score (nSPS) is 10.8. The van der Waals surface area contributed by atoms with Crippen LogP contribution in [0.25, 0.3) is 22.5 Å². The van der Waals surface area contributed by atoms with Crippen LogP contribution in [0.2, 0.25) is 0 Å². The number of hydrogen-bond acceptors (Lipinski definition) is 3. The van der Waals surface area contributed by atoms with Gasteiger partial charge in [0, 0.05) is 17.7 Å². The molecular formula is C26H21F2N3O3. The molecule has 0 saturated carbocycles. The van der Waals surface area contributed by atoms with Crippen LogP contribution in [0.4, 0.5) is 8.78 Å². The maximum absolute atomic E-state index is 14.8. The molecule has 0 fully saturated rings. The molecule has 8 heteroatoms. The molecule has 0 bridgehead atoms. The number of benzene rings is 3. The van der Waals surface area contributed by atoms with E-state index in [9.17, 15) is 23.5 Å². The van der Waals surface area contributed by atoms with Gasteiger partial charge in [-0.3, -0.25) is 9.89 Å². The van der Waals surface area contributed by atoms with E-state index in [-0.39, 0.29) is 29.1 Å². The quantitative estimate of drug-likeness (QED) is 0.319. The van der Waals surface area contributed by atoms with Crippen molar-refractivity contribution < 1.29 is 23.5 Å². The molecule has 0 unspecified atom stereocenters. The van der Waals surface area contributed by atoms with Gasteiger partial charge in [0.25, 0.3) is 5.91 Å². The monoisotopic (exact) mass is 461 g/mol. The zero-order chi connectivity index (χ0) is 24.1. The summed E-state index contributed by atoms with van der Waals surface area (Å²) in [5.41, 5.74) is 2.59. The Hall–Kier alpha value is -4.33. The van der Waals surface area contributed by atoms with Gasteiger partial charge in [0.1, 0.15) is 11.6 Å².